The zero-order valence-corrected chi connectivity index (χ0v) is 13.3. The van der Waals surface area contributed by atoms with Crippen molar-refractivity contribution in [2.75, 3.05) is 20.4 Å². The van der Waals surface area contributed by atoms with Gasteiger partial charge in [0.1, 0.15) is 11.6 Å². The standard InChI is InChI=1S/C17H22FN3O2/c1-19-17(21-15-4-2-3-5-15)20-7-6-12-8-14(18)9-13-10-22-11-23-16(12)13/h2-3,8-9,15H,4-7,10-11H2,1H3,(H2,19,20,21). The predicted octanol–water partition coefficient (Wildman–Crippen LogP) is 2.12. The van der Waals surface area contributed by atoms with E-state index in [2.05, 4.69) is 27.8 Å². The molecule has 0 amide bonds. The number of fused-ring (bicyclic) bond motifs is 1. The molecule has 5 nitrogen and oxygen atoms in total. The number of rotatable bonds is 4. The number of hydrogen-bond acceptors (Lipinski definition) is 3. The summed E-state index contributed by atoms with van der Waals surface area (Å²) in [6.45, 7) is 1.27. The Bertz CT molecular complexity index is 608. The molecule has 2 aliphatic rings. The van der Waals surface area contributed by atoms with Crippen molar-refractivity contribution in [1.82, 2.24) is 10.6 Å². The molecule has 1 heterocycles. The highest BCUT2D eigenvalue weighted by atomic mass is 19.1. The van der Waals surface area contributed by atoms with E-state index in [1.54, 1.807) is 7.05 Å². The van der Waals surface area contributed by atoms with Gasteiger partial charge >= 0.3 is 0 Å². The molecule has 2 N–H and O–H groups in total. The Morgan fingerprint density at radius 2 is 2.17 bits per heavy atom. The van der Waals surface area contributed by atoms with Gasteiger partial charge in [0.2, 0.25) is 0 Å². The summed E-state index contributed by atoms with van der Waals surface area (Å²) in [7, 11) is 1.75. The van der Waals surface area contributed by atoms with Gasteiger partial charge in [-0.1, -0.05) is 12.2 Å². The number of ether oxygens (including phenoxy) is 2. The highest BCUT2D eigenvalue weighted by Gasteiger charge is 2.17. The molecule has 1 aromatic rings. The van der Waals surface area contributed by atoms with Gasteiger partial charge < -0.3 is 20.1 Å². The summed E-state index contributed by atoms with van der Waals surface area (Å²) in [6.07, 6.45) is 7.04. The third-order valence-corrected chi connectivity index (χ3v) is 4.01. The molecule has 0 bridgehead atoms. The van der Waals surface area contributed by atoms with Crippen molar-refractivity contribution >= 4 is 5.96 Å². The summed E-state index contributed by atoms with van der Waals surface area (Å²) in [6, 6.07) is 3.41. The van der Waals surface area contributed by atoms with Crippen LogP contribution in [0.2, 0.25) is 0 Å². The second-order valence-corrected chi connectivity index (χ2v) is 5.70. The van der Waals surface area contributed by atoms with Crippen LogP contribution in [0, 0.1) is 5.82 Å². The average molecular weight is 319 g/mol. The van der Waals surface area contributed by atoms with Crippen LogP contribution in [0.5, 0.6) is 5.75 Å². The Balaban J connectivity index is 1.56. The van der Waals surface area contributed by atoms with E-state index in [0.29, 0.717) is 25.6 Å². The van der Waals surface area contributed by atoms with Crippen LogP contribution >= 0.6 is 0 Å². The van der Waals surface area contributed by atoms with Gasteiger partial charge in [-0.3, -0.25) is 4.99 Å². The Morgan fingerprint density at radius 3 is 2.96 bits per heavy atom. The molecule has 0 fully saturated rings. The Hall–Kier alpha value is -2.08. The lowest BCUT2D eigenvalue weighted by molar-refractivity contribution is -0.0172. The molecule has 0 saturated carbocycles. The lowest BCUT2D eigenvalue weighted by atomic mass is 10.1. The largest absolute Gasteiger partial charge is 0.467 e. The van der Waals surface area contributed by atoms with Crippen LogP contribution in [-0.2, 0) is 17.8 Å². The summed E-state index contributed by atoms with van der Waals surface area (Å²) in [4.78, 5) is 4.23. The van der Waals surface area contributed by atoms with E-state index >= 15 is 0 Å². The number of nitrogens with zero attached hydrogens (tertiary/aromatic N) is 1. The molecule has 0 unspecified atom stereocenters. The molecule has 1 aliphatic heterocycles. The van der Waals surface area contributed by atoms with Crippen molar-refractivity contribution in [2.24, 2.45) is 4.99 Å². The first-order valence-corrected chi connectivity index (χ1v) is 7.90. The second kappa shape index (κ2) is 7.46. The number of aliphatic imine (C=N–C) groups is 1. The molecule has 23 heavy (non-hydrogen) atoms. The zero-order valence-electron chi connectivity index (χ0n) is 13.3. The summed E-state index contributed by atoms with van der Waals surface area (Å²) in [5, 5.41) is 6.65. The SMILES string of the molecule is CN=C(NCCc1cc(F)cc2c1OCOC2)NC1CC=CC1. The Morgan fingerprint density at radius 1 is 1.35 bits per heavy atom. The number of halogens is 1. The van der Waals surface area contributed by atoms with Crippen LogP contribution in [0.15, 0.2) is 29.3 Å². The van der Waals surface area contributed by atoms with E-state index in [1.807, 2.05) is 0 Å². The van der Waals surface area contributed by atoms with Gasteiger partial charge in [-0.2, -0.15) is 0 Å². The molecule has 0 atom stereocenters. The molecule has 0 spiro atoms. The van der Waals surface area contributed by atoms with Crippen LogP contribution in [0.3, 0.4) is 0 Å². The minimum atomic E-state index is -0.257. The normalized spacial score (nSPS) is 17.7. The molecule has 0 aromatic heterocycles. The van der Waals surface area contributed by atoms with Gasteiger partial charge in [-0.15, -0.1) is 0 Å². The maximum Gasteiger partial charge on any atom is 0.191 e. The summed E-state index contributed by atoms with van der Waals surface area (Å²) < 4.78 is 24.4. The van der Waals surface area contributed by atoms with Crippen LogP contribution in [0.25, 0.3) is 0 Å². The minimum absolute atomic E-state index is 0.219. The lowest BCUT2D eigenvalue weighted by Crippen LogP contribution is -2.43. The third-order valence-electron chi connectivity index (χ3n) is 4.01. The van der Waals surface area contributed by atoms with Crippen molar-refractivity contribution in [1.29, 1.82) is 0 Å². The van der Waals surface area contributed by atoms with Crippen molar-refractivity contribution in [3.63, 3.8) is 0 Å². The summed E-state index contributed by atoms with van der Waals surface area (Å²) >= 11 is 0. The molecular formula is C17H22FN3O2. The first-order valence-electron chi connectivity index (χ1n) is 7.90. The molecule has 0 saturated heterocycles. The summed E-state index contributed by atoms with van der Waals surface area (Å²) in [5.74, 6) is 1.27. The minimum Gasteiger partial charge on any atom is -0.467 e. The van der Waals surface area contributed by atoms with Crippen LogP contribution in [0.1, 0.15) is 24.0 Å². The molecule has 124 valence electrons. The topological polar surface area (TPSA) is 54.9 Å². The van der Waals surface area contributed by atoms with Crippen molar-refractivity contribution in [2.45, 2.75) is 31.9 Å². The highest BCUT2D eigenvalue weighted by molar-refractivity contribution is 5.80. The second-order valence-electron chi connectivity index (χ2n) is 5.70. The molecule has 1 aromatic carbocycles. The van der Waals surface area contributed by atoms with Gasteiger partial charge in [0, 0.05) is 25.2 Å². The average Bonchev–Trinajstić information content (AvgIpc) is 3.06. The van der Waals surface area contributed by atoms with E-state index in [0.717, 1.165) is 35.7 Å². The fraction of sp³-hybridized carbons (Fsp3) is 0.471. The van der Waals surface area contributed by atoms with E-state index in [-0.39, 0.29) is 12.6 Å². The van der Waals surface area contributed by atoms with Crippen LogP contribution in [-0.4, -0.2) is 32.4 Å². The number of benzene rings is 1. The molecular weight excluding hydrogens is 297 g/mol. The molecule has 3 rings (SSSR count). The molecule has 1 aliphatic carbocycles. The Kier molecular flexibility index (Phi) is 5.12. The van der Waals surface area contributed by atoms with Gasteiger partial charge in [-0.25, -0.2) is 4.39 Å². The van der Waals surface area contributed by atoms with Crippen molar-refractivity contribution in [3.8, 4) is 5.75 Å². The van der Waals surface area contributed by atoms with Crippen LogP contribution < -0.4 is 15.4 Å². The van der Waals surface area contributed by atoms with E-state index in [9.17, 15) is 4.39 Å². The number of guanidine groups is 1. The maximum absolute atomic E-state index is 13.7. The number of hydrogen-bond donors (Lipinski definition) is 2. The first kappa shape index (κ1) is 15.8. The van der Waals surface area contributed by atoms with Gasteiger partial charge in [0.25, 0.3) is 0 Å². The predicted molar refractivity (Wildman–Crippen MR) is 87.0 cm³/mol. The van der Waals surface area contributed by atoms with Gasteiger partial charge in [0.05, 0.1) is 6.61 Å². The van der Waals surface area contributed by atoms with E-state index < -0.39 is 0 Å². The fourth-order valence-electron chi connectivity index (χ4n) is 2.88. The quantitative estimate of drug-likeness (QED) is 0.507. The lowest BCUT2D eigenvalue weighted by Gasteiger charge is -2.21. The number of nitrogens with one attached hydrogen (secondary N) is 2. The maximum atomic E-state index is 13.7. The smallest absolute Gasteiger partial charge is 0.191 e. The van der Waals surface area contributed by atoms with E-state index in [1.165, 1.54) is 12.1 Å². The van der Waals surface area contributed by atoms with Gasteiger partial charge in [-0.05, 0) is 37.0 Å². The highest BCUT2D eigenvalue weighted by Crippen LogP contribution is 2.29. The molecule has 6 heteroatoms. The van der Waals surface area contributed by atoms with Crippen LogP contribution in [0.4, 0.5) is 4.39 Å². The monoisotopic (exact) mass is 319 g/mol. The first-order chi connectivity index (χ1) is 11.3. The van der Waals surface area contributed by atoms with Crippen molar-refractivity contribution < 1.29 is 13.9 Å². The van der Waals surface area contributed by atoms with Gasteiger partial charge in [0.15, 0.2) is 12.8 Å². The zero-order chi connectivity index (χ0) is 16.1. The summed E-state index contributed by atoms with van der Waals surface area (Å²) in [5.41, 5.74) is 1.62. The van der Waals surface area contributed by atoms with Crippen molar-refractivity contribution in [3.05, 3.63) is 41.2 Å². The fourth-order valence-corrected chi connectivity index (χ4v) is 2.88. The third kappa shape index (κ3) is 4.01. The Labute approximate surface area is 135 Å². The molecule has 0 radical (unpaired) electrons. The van der Waals surface area contributed by atoms with E-state index in [4.69, 9.17) is 9.47 Å².